The smallest absolute Gasteiger partial charge is 0.236 e. The van der Waals surface area contributed by atoms with Gasteiger partial charge < -0.3 is 9.80 Å². The molecule has 2 amide bonds. The summed E-state index contributed by atoms with van der Waals surface area (Å²) in [6, 6.07) is 0.174. The van der Waals surface area contributed by atoms with E-state index in [1.165, 1.54) is 25.7 Å². The molecule has 1 saturated carbocycles. The number of rotatable bonds is 5. The van der Waals surface area contributed by atoms with Crippen molar-refractivity contribution < 1.29 is 9.59 Å². The minimum absolute atomic E-state index is 0.174. The summed E-state index contributed by atoms with van der Waals surface area (Å²) in [7, 11) is 0. The average Bonchev–Trinajstić information content (AvgIpc) is 3.22. The standard InChI is InChI=1S/C18H31N3O2/c1-14(2)16-12-20(18(23)13-19-8-3-4-9-19)10-7-17(22)21(16)11-15-5-6-15/h14-16H,3-13H2,1-2H3. The summed E-state index contributed by atoms with van der Waals surface area (Å²) in [5.74, 6) is 1.54. The van der Waals surface area contributed by atoms with Crippen LogP contribution in [-0.4, -0.2) is 71.8 Å². The minimum atomic E-state index is 0.174. The Morgan fingerprint density at radius 2 is 1.87 bits per heavy atom. The molecule has 23 heavy (non-hydrogen) atoms. The summed E-state index contributed by atoms with van der Waals surface area (Å²) < 4.78 is 0. The van der Waals surface area contributed by atoms with E-state index in [1.54, 1.807) is 0 Å². The third-order valence-electron chi connectivity index (χ3n) is 5.56. The predicted molar refractivity (Wildman–Crippen MR) is 89.9 cm³/mol. The van der Waals surface area contributed by atoms with Gasteiger partial charge >= 0.3 is 0 Å². The molecule has 5 heteroatoms. The normalized spacial score (nSPS) is 26.9. The molecule has 3 aliphatic rings. The number of carbonyl (C=O) groups excluding carboxylic acids is 2. The number of amides is 2. The van der Waals surface area contributed by atoms with Crippen LogP contribution in [0.15, 0.2) is 0 Å². The quantitative estimate of drug-likeness (QED) is 0.772. The van der Waals surface area contributed by atoms with Gasteiger partial charge in [0.05, 0.1) is 12.6 Å². The van der Waals surface area contributed by atoms with Crippen LogP contribution >= 0.6 is 0 Å². The maximum atomic E-state index is 12.7. The van der Waals surface area contributed by atoms with E-state index >= 15 is 0 Å². The molecule has 0 spiro atoms. The summed E-state index contributed by atoms with van der Waals surface area (Å²) in [6.07, 6.45) is 5.41. The molecule has 1 unspecified atom stereocenters. The minimum Gasteiger partial charge on any atom is -0.339 e. The van der Waals surface area contributed by atoms with Crippen molar-refractivity contribution in [3.8, 4) is 0 Å². The van der Waals surface area contributed by atoms with E-state index in [0.29, 0.717) is 37.9 Å². The Bertz CT molecular complexity index is 442. The molecule has 1 aliphatic carbocycles. The fourth-order valence-corrected chi connectivity index (χ4v) is 3.82. The Balaban J connectivity index is 1.65. The molecular formula is C18H31N3O2. The van der Waals surface area contributed by atoms with E-state index in [4.69, 9.17) is 0 Å². The van der Waals surface area contributed by atoms with E-state index in [9.17, 15) is 9.59 Å². The van der Waals surface area contributed by atoms with Crippen LogP contribution < -0.4 is 0 Å². The molecule has 3 rings (SSSR count). The van der Waals surface area contributed by atoms with Gasteiger partial charge in [0.2, 0.25) is 11.8 Å². The lowest BCUT2D eigenvalue weighted by atomic mass is 10.0. The zero-order chi connectivity index (χ0) is 16.4. The van der Waals surface area contributed by atoms with Gasteiger partial charge in [-0.2, -0.15) is 0 Å². The molecule has 3 fully saturated rings. The molecular weight excluding hydrogens is 290 g/mol. The Hall–Kier alpha value is -1.10. The average molecular weight is 321 g/mol. The molecule has 0 aromatic carbocycles. The maximum absolute atomic E-state index is 12.7. The van der Waals surface area contributed by atoms with Gasteiger partial charge in [-0.05, 0) is 50.6 Å². The lowest BCUT2D eigenvalue weighted by Gasteiger charge is -2.35. The number of hydrogen-bond donors (Lipinski definition) is 0. The van der Waals surface area contributed by atoms with Crippen LogP contribution in [0.3, 0.4) is 0 Å². The van der Waals surface area contributed by atoms with Gasteiger partial charge in [0.15, 0.2) is 0 Å². The zero-order valence-electron chi connectivity index (χ0n) is 14.7. The first-order valence-corrected chi connectivity index (χ1v) is 9.34. The zero-order valence-corrected chi connectivity index (χ0v) is 14.7. The van der Waals surface area contributed by atoms with Crippen molar-refractivity contribution in [2.24, 2.45) is 11.8 Å². The fraction of sp³-hybridized carbons (Fsp3) is 0.889. The number of carbonyl (C=O) groups is 2. The molecule has 0 aromatic heterocycles. The fourth-order valence-electron chi connectivity index (χ4n) is 3.82. The molecule has 2 aliphatic heterocycles. The molecule has 0 N–H and O–H groups in total. The van der Waals surface area contributed by atoms with Crippen molar-refractivity contribution in [2.75, 3.05) is 39.3 Å². The van der Waals surface area contributed by atoms with E-state index < -0.39 is 0 Å². The molecule has 0 bridgehead atoms. The highest BCUT2D eigenvalue weighted by Gasteiger charge is 2.36. The Kier molecular flexibility index (Phi) is 5.24. The van der Waals surface area contributed by atoms with Crippen LogP contribution in [0.5, 0.6) is 0 Å². The van der Waals surface area contributed by atoms with Gasteiger partial charge in [-0.3, -0.25) is 14.5 Å². The largest absolute Gasteiger partial charge is 0.339 e. The van der Waals surface area contributed by atoms with Crippen molar-refractivity contribution in [1.29, 1.82) is 0 Å². The summed E-state index contributed by atoms with van der Waals surface area (Å²) in [5, 5.41) is 0. The number of hydrogen-bond acceptors (Lipinski definition) is 3. The molecule has 2 saturated heterocycles. The molecule has 2 heterocycles. The van der Waals surface area contributed by atoms with Crippen molar-refractivity contribution in [3.05, 3.63) is 0 Å². The summed E-state index contributed by atoms with van der Waals surface area (Å²) >= 11 is 0. The highest BCUT2D eigenvalue weighted by molar-refractivity contribution is 5.81. The second kappa shape index (κ2) is 7.20. The second-order valence-corrected chi connectivity index (χ2v) is 7.87. The summed E-state index contributed by atoms with van der Waals surface area (Å²) in [4.78, 5) is 31.6. The SMILES string of the molecule is CC(C)C1CN(C(=O)CN2CCCC2)CCC(=O)N1CC1CC1. The highest BCUT2D eigenvalue weighted by Crippen LogP contribution is 2.32. The van der Waals surface area contributed by atoms with E-state index in [-0.39, 0.29) is 17.9 Å². The number of likely N-dealkylation sites (tertiary alicyclic amines) is 1. The molecule has 0 aromatic rings. The van der Waals surface area contributed by atoms with Crippen LogP contribution in [0.4, 0.5) is 0 Å². The van der Waals surface area contributed by atoms with Gasteiger partial charge in [0, 0.05) is 26.1 Å². The van der Waals surface area contributed by atoms with Crippen LogP contribution in [-0.2, 0) is 9.59 Å². The molecule has 0 radical (unpaired) electrons. The Morgan fingerprint density at radius 3 is 2.48 bits per heavy atom. The van der Waals surface area contributed by atoms with E-state index in [2.05, 4.69) is 23.6 Å². The monoisotopic (exact) mass is 321 g/mol. The van der Waals surface area contributed by atoms with Crippen molar-refractivity contribution in [1.82, 2.24) is 14.7 Å². The number of nitrogens with zero attached hydrogens (tertiary/aromatic N) is 3. The first-order valence-electron chi connectivity index (χ1n) is 9.34. The summed E-state index contributed by atoms with van der Waals surface area (Å²) in [6.45, 7) is 9.16. The third-order valence-corrected chi connectivity index (χ3v) is 5.56. The van der Waals surface area contributed by atoms with Gasteiger partial charge in [0.1, 0.15) is 0 Å². The van der Waals surface area contributed by atoms with Gasteiger partial charge in [-0.25, -0.2) is 0 Å². The van der Waals surface area contributed by atoms with Crippen LogP contribution in [0.2, 0.25) is 0 Å². The van der Waals surface area contributed by atoms with E-state index in [1.807, 2.05) is 4.90 Å². The van der Waals surface area contributed by atoms with Gasteiger partial charge in [-0.15, -0.1) is 0 Å². The van der Waals surface area contributed by atoms with E-state index in [0.717, 1.165) is 19.6 Å². The van der Waals surface area contributed by atoms with Gasteiger partial charge in [0.25, 0.3) is 0 Å². The summed E-state index contributed by atoms with van der Waals surface area (Å²) in [5.41, 5.74) is 0. The second-order valence-electron chi connectivity index (χ2n) is 7.87. The maximum Gasteiger partial charge on any atom is 0.236 e. The molecule has 1 atom stereocenters. The predicted octanol–water partition coefficient (Wildman–Crippen LogP) is 1.58. The van der Waals surface area contributed by atoms with Crippen molar-refractivity contribution in [2.45, 2.75) is 52.0 Å². The van der Waals surface area contributed by atoms with Crippen LogP contribution in [0.25, 0.3) is 0 Å². The highest BCUT2D eigenvalue weighted by atomic mass is 16.2. The van der Waals surface area contributed by atoms with Crippen molar-refractivity contribution in [3.63, 3.8) is 0 Å². The molecule has 130 valence electrons. The Morgan fingerprint density at radius 1 is 1.17 bits per heavy atom. The lowest BCUT2D eigenvalue weighted by Crippen LogP contribution is -2.49. The van der Waals surface area contributed by atoms with Crippen molar-refractivity contribution >= 4 is 11.8 Å². The lowest BCUT2D eigenvalue weighted by molar-refractivity contribution is -0.134. The van der Waals surface area contributed by atoms with Gasteiger partial charge in [-0.1, -0.05) is 13.8 Å². The molecule has 5 nitrogen and oxygen atoms in total. The first-order chi connectivity index (χ1) is 11.0. The first kappa shape index (κ1) is 16.7. The Labute approximate surface area is 140 Å². The van der Waals surface area contributed by atoms with Crippen LogP contribution in [0.1, 0.15) is 46.0 Å². The third kappa shape index (κ3) is 4.25. The van der Waals surface area contributed by atoms with Crippen LogP contribution in [0, 0.1) is 11.8 Å². The topological polar surface area (TPSA) is 43.9 Å².